The van der Waals surface area contributed by atoms with Crippen molar-refractivity contribution in [1.82, 2.24) is 9.97 Å². The number of thiophene rings is 1. The molecule has 3 N–H and O–H groups in total. The van der Waals surface area contributed by atoms with Crippen molar-refractivity contribution >= 4 is 39.4 Å². The topological polar surface area (TPSA) is 96.5 Å². The smallest absolute Gasteiger partial charge is 0.261 e. The highest BCUT2D eigenvalue weighted by Crippen LogP contribution is 2.28. The quantitative estimate of drug-likeness (QED) is 0.804. The first kappa shape index (κ1) is 11.1. The van der Waals surface area contributed by atoms with Gasteiger partial charge in [0.25, 0.3) is 5.56 Å². The molecule has 0 saturated heterocycles. The summed E-state index contributed by atoms with van der Waals surface area (Å²) in [5, 5.41) is 0.583. The fourth-order valence-corrected chi connectivity index (χ4v) is 3.12. The second-order valence-corrected chi connectivity index (χ2v) is 5.11. The number of aryl methyl sites for hydroxylation is 1. The molecule has 3 rings (SSSR count). The van der Waals surface area contributed by atoms with Gasteiger partial charge in [0.1, 0.15) is 11.0 Å². The zero-order valence-corrected chi connectivity index (χ0v) is 10.7. The van der Waals surface area contributed by atoms with E-state index in [4.69, 9.17) is 5.73 Å². The van der Waals surface area contributed by atoms with Gasteiger partial charge >= 0.3 is 0 Å². The number of aliphatic imine (C=N–C) groups is 2. The molecular weight excluding hydrogens is 250 g/mol. The third kappa shape index (κ3) is 1.55. The summed E-state index contributed by atoms with van der Waals surface area (Å²) < 4.78 is 0. The molecule has 18 heavy (non-hydrogen) atoms. The van der Waals surface area contributed by atoms with Gasteiger partial charge in [-0.05, 0) is 19.4 Å². The van der Waals surface area contributed by atoms with Gasteiger partial charge in [-0.3, -0.25) is 19.8 Å². The lowest BCUT2D eigenvalue weighted by Crippen LogP contribution is -2.10. The Morgan fingerprint density at radius 2 is 2.28 bits per heavy atom. The first-order valence-electron chi connectivity index (χ1n) is 5.46. The molecule has 0 radical (unpaired) electrons. The molecule has 0 spiro atoms. The maximum atomic E-state index is 11.9. The van der Waals surface area contributed by atoms with Gasteiger partial charge in [0, 0.05) is 0 Å². The molecule has 7 heteroatoms. The number of aromatic nitrogens is 2. The van der Waals surface area contributed by atoms with Gasteiger partial charge in [-0.15, -0.1) is 11.3 Å². The third-order valence-corrected chi connectivity index (χ3v) is 4.00. The molecule has 3 heterocycles. The Hall–Kier alpha value is -2.02. The fraction of sp³-hybridized carbons (Fsp3) is 0.273. The van der Waals surface area contributed by atoms with Crippen LogP contribution in [0.5, 0.6) is 0 Å². The second kappa shape index (κ2) is 3.74. The van der Waals surface area contributed by atoms with Crippen LogP contribution in [-0.2, 0) is 0 Å². The number of H-pyrrole nitrogens is 1. The summed E-state index contributed by atoms with van der Waals surface area (Å²) in [5.41, 5.74) is 7.02. The van der Waals surface area contributed by atoms with E-state index in [1.54, 1.807) is 6.21 Å². The number of nitrogens with zero attached hydrogens (tertiary/aromatic N) is 3. The molecule has 0 aromatic carbocycles. The third-order valence-electron chi connectivity index (χ3n) is 2.79. The van der Waals surface area contributed by atoms with Crippen LogP contribution in [0.3, 0.4) is 0 Å². The summed E-state index contributed by atoms with van der Waals surface area (Å²) in [4.78, 5) is 28.7. The first-order valence-corrected chi connectivity index (χ1v) is 6.28. The van der Waals surface area contributed by atoms with Crippen molar-refractivity contribution in [2.24, 2.45) is 9.98 Å². The Balaban J connectivity index is 2.30. The van der Waals surface area contributed by atoms with Crippen molar-refractivity contribution in [2.45, 2.75) is 20.0 Å². The Bertz CT molecular complexity index is 755. The van der Waals surface area contributed by atoms with E-state index in [0.29, 0.717) is 10.2 Å². The molecule has 1 unspecified atom stereocenters. The van der Waals surface area contributed by atoms with Gasteiger partial charge in [0.15, 0.2) is 0 Å². The number of hydrogen-bond donors (Lipinski definition) is 2. The van der Waals surface area contributed by atoms with Gasteiger partial charge in [-0.1, -0.05) is 0 Å². The van der Waals surface area contributed by atoms with Crippen LogP contribution >= 0.6 is 11.3 Å². The summed E-state index contributed by atoms with van der Waals surface area (Å²) in [6.45, 7) is 3.80. The minimum absolute atomic E-state index is 0.0547. The molecule has 2 aromatic heterocycles. The number of anilines is 1. The van der Waals surface area contributed by atoms with Crippen molar-refractivity contribution in [3.05, 3.63) is 20.8 Å². The van der Waals surface area contributed by atoms with Crippen LogP contribution in [0.25, 0.3) is 10.2 Å². The van der Waals surface area contributed by atoms with E-state index in [2.05, 4.69) is 20.0 Å². The van der Waals surface area contributed by atoms with Gasteiger partial charge in [0.2, 0.25) is 5.95 Å². The lowest BCUT2D eigenvalue weighted by Gasteiger charge is -1.95. The number of nitrogens with two attached hydrogens (primary N) is 1. The average Bonchev–Trinajstić information content (AvgIpc) is 2.83. The van der Waals surface area contributed by atoms with Gasteiger partial charge in [0.05, 0.1) is 22.2 Å². The van der Waals surface area contributed by atoms with Crippen molar-refractivity contribution in [2.75, 3.05) is 5.73 Å². The first-order chi connectivity index (χ1) is 8.56. The Kier molecular flexibility index (Phi) is 2.30. The van der Waals surface area contributed by atoms with E-state index in [1.807, 2.05) is 13.8 Å². The van der Waals surface area contributed by atoms with Crippen molar-refractivity contribution in [1.29, 1.82) is 0 Å². The van der Waals surface area contributed by atoms with Gasteiger partial charge in [-0.25, -0.2) is 4.98 Å². The van der Waals surface area contributed by atoms with E-state index in [0.717, 1.165) is 16.2 Å². The van der Waals surface area contributed by atoms with Crippen molar-refractivity contribution < 1.29 is 0 Å². The second-order valence-electron chi connectivity index (χ2n) is 4.11. The molecule has 1 aliphatic rings. The molecule has 0 bridgehead atoms. The van der Waals surface area contributed by atoms with E-state index >= 15 is 0 Å². The molecule has 1 aliphatic heterocycles. The molecule has 1 atom stereocenters. The van der Waals surface area contributed by atoms with Crippen LogP contribution in [-0.4, -0.2) is 28.1 Å². The number of nitrogens with one attached hydrogen (secondary N) is 1. The lowest BCUT2D eigenvalue weighted by molar-refractivity contribution is 0.816. The zero-order valence-electron chi connectivity index (χ0n) is 9.89. The monoisotopic (exact) mass is 261 g/mol. The largest absolute Gasteiger partial charge is 0.369 e. The summed E-state index contributed by atoms with van der Waals surface area (Å²) in [6, 6.07) is 0. The molecule has 2 aromatic rings. The highest BCUT2D eigenvalue weighted by atomic mass is 32.1. The molecule has 0 saturated carbocycles. The molecule has 0 amide bonds. The number of hydrogen-bond acceptors (Lipinski definition) is 6. The van der Waals surface area contributed by atoms with Gasteiger partial charge in [-0.2, -0.15) is 0 Å². The Morgan fingerprint density at radius 1 is 1.50 bits per heavy atom. The molecular formula is C11H11N5OS. The van der Waals surface area contributed by atoms with Gasteiger partial charge < -0.3 is 5.73 Å². The summed E-state index contributed by atoms with van der Waals surface area (Å²) >= 11 is 1.42. The van der Waals surface area contributed by atoms with Crippen molar-refractivity contribution in [3.63, 3.8) is 0 Å². The molecule has 92 valence electrons. The van der Waals surface area contributed by atoms with Crippen LogP contribution in [0.4, 0.5) is 5.95 Å². The van der Waals surface area contributed by atoms with Crippen molar-refractivity contribution in [3.8, 4) is 0 Å². The van der Waals surface area contributed by atoms with Crippen LogP contribution in [0.15, 0.2) is 14.8 Å². The maximum Gasteiger partial charge on any atom is 0.261 e. The summed E-state index contributed by atoms with van der Waals surface area (Å²) in [7, 11) is 0. The average molecular weight is 261 g/mol. The normalized spacial score (nSPS) is 18.6. The highest BCUT2D eigenvalue weighted by Gasteiger charge is 2.19. The minimum Gasteiger partial charge on any atom is -0.369 e. The predicted molar refractivity (Wildman–Crippen MR) is 73.9 cm³/mol. The standard InChI is InChI=1S/C11H11N5OS/c1-4-7-9(17)15-11(12)16-10(7)18-8(4)6-3-13-5(2)14-6/h3,5H,1-2H3,(H3,12,15,16,17). The predicted octanol–water partition coefficient (Wildman–Crippen LogP) is 1.09. The number of nitrogen functional groups attached to an aromatic ring is 1. The molecule has 0 fully saturated rings. The SMILES string of the molecule is Cc1c(C2=NC(C)N=C2)sc2nc(N)[nH]c(=O)c12. The number of fused-ring (bicyclic) bond motifs is 1. The van der Waals surface area contributed by atoms with Crippen LogP contribution in [0.1, 0.15) is 17.4 Å². The van der Waals surface area contributed by atoms with Crippen LogP contribution in [0, 0.1) is 6.92 Å². The minimum atomic E-state index is -0.207. The number of aromatic amines is 1. The fourth-order valence-electron chi connectivity index (χ4n) is 1.97. The molecule has 0 aliphatic carbocycles. The van der Waals surface area contributed by atoms with E-state index in [9.17, 15) is 4.79 Å². The highest BCUT2D eigenvalue weighted by molar-refractivity contribution is 7.21. The van der Waals surface area contributed by atoms with E-state index in [-0.39, 0.29) is 17.7 Å². The maximum absolute atomic E-state index is 11.9. The zero-order chi connectivity index (χ0) is 12.9. The molecule has 6 nitrogen and oxygen atoms in total. The Morgan fingerprint density at radius 3 is 2.94 bits per heavy atom. The lowest BCUT2D eigenvalue weighted by atomic mass is 10.1. The van der Waals surface area contributed by atoms with E-state index < -0.39 is 0 Å². The Labute approximate surface area is 106 Å². The van der Waals surface area contributed by atoms with Crippen LogP contribution < -0.4 is 11.3 Å². The van der Waals surface area contributed by atoms with E-state index in [1.165, 1.54) is 11.3 Å². The van der Waals surface area contributed by atoms with Crippen LogP contribution in [0.2, 0.25) is 0 Å². The summed E-state index contributed by atoms with van der Waals surface area (Å²) in [5.74, 6) is 0.135. The summed E-state index contributed by atoms with van der Waals surface area (Å²) in [6.07, 6.45) is 1.68. The number of rotatable bonds is 1.